The molecule has 1 heterocycles. The number of hydrogen-bond donors (Lipinski definition) is 2. The quantitative estimate of drug-likeness (QED) is 0.456. The lowest BCUT2D eigenvalue weighted by Gasteiger charge is -2.27. The van der Waals surface area contributed by atoms with Crippen molar-refractivity contribution in [2.24, 2.45) is 9.36 Å². The van der Waals surface area contributed by atoms with Gasteiger partial charge in [-0.05, 0) is 44.9 Å². The number of guanidine groups is 1. The maximum atomic E-state index is 14.4. The number of nitrogens with one attached hydrogen (secondary N) is 1. The number of thiol groups is 1. The highest BCUT2D eigenvalue weighted by atomic mass is 32.2. The highest BCUT2D eigenvalue weighted by Gasteiger charge is 2.27. The molecule has 154 valence electrons. The Morgan fingerprint density at radius 1 is 1.14 bits per heavy atom. The minimum absolute atomic E-state index is 0.138. The first kappa shape index (κ1) is 21.0. The van der Waals surface area contributed by atoms with Crippen molar-refractivity contribution in [2.75, 3.05) is 13.1 Å². The van der Waals surface area contributed by atoms with E-state index in [1.807, 2.05) is 6.07 Å². The molecule has 0 bridgehead atoms. The largest absolute Gasteiger partial charge is 0.292 e. The second-order valence-electron chi connectivity index (χ2n) is 7.24. The standard InChI is InChI=1S/C21H25FN4O2S/c1-21(2,17-12-6-7-13-18(17)22)25-20(26-15-9-8-14-23-29(26)28)24-19(27)16-10-4-3-5-11-16/h3-7,10-13,29H,8-9,14-15H2,1-2H3,(H,24,25,27). The molecular formula is C21H25FN4O2S. The van der Waals surface area contributed by atoms with Crippen LogP contribution >= 0.6 is 0 Å². The zero-order valence-corrected chi connectivity index (χ0v) is 17.4. The summed E-state index contributed by atoms with van der Waals surface area (Å²) in [5.74, 6) is -0.625. The first-order chi connectivity index (χ1) is 13.9. The molecule has 1 aliphatic heterocycles. The molecule has 2 aromatic carbocycles. The number of halogens is 1. The summed E-state index contributed by atoms with van der Waals surface area (Å²) in [7, 11) is -2.08. The van der Waals surface area contributed by atoms with E-state index in [1.54, 1.807) is 56.3 Å². The predicted molar refractivity (Wildman–Crippen MR) is 114 cm³/mol. The molecule has 0 saturated carbocycles. The van der Waals surface area contributed by atoms with Crippen molar-refractivity contribution in [1.29, 1.82) is 0 Å². The van der Waals surface area contributed by atoms with Crippen molar-refractivity contribution < 1.29 is 13.4 Å². The molecule has 8 heteroatoms. The van der Waals surface area contributed by atoms with Gasteiger partial charge in [0.05, 0.1) is 5.54 Å². The van der Waals surface area contributed by atoms with Gasteiger partial charge in [0.15, 0.2) is 0 Å². The average Bonchev–Trinajstić information content (AvgIpc) is 2.92. The van der Waals surface area contributed by atoms with E-state index in [0.29, 0.717) is 24.2 Å². The smallest absolute Gasteiger partial charge is 0.257 e. The SMILES string of the molecule is CC(C)(/N=C(/NC(=O)c1ccccc1)N1CCCCN=[SH]1=O)c1ccccc1F. The number of nitrogens with zero attached hydrogens (tertiary/aromatic N) is 3. The number of amides is 1. The summed E-state index contributed by atoms with van der Waals surface area (Å²) in [4.78, 5) is 17.4. The third kappa shape index (κ3) is 5.20. The van der Waals surface area contributed by atoms with Crippen molar-refractivity contribution in [1.82, 2.24) is 9.62 Å². The van der Waals surface area contributed by atoms with Gasteiger partial charge in [0, 0.05) is 24.2 Å². The molecule has 1 unspecified atom stereocenters. The van der Waals surface area contributed by atoms with Crippen LogP contribution in [-0.4, -0.2) is 33.5 Å². The van der Waals surface area contributed by atoms with Gasteiger partial charge in [0.1, 0.15) is 16.6 Å². The summed E-state index contributed by atoms with van der Waals surface area (Å²) in [6.07, 6.45) is 1.58. The molecular weight excluding hydrogens is 391 g/mol. The fraction of sp³-hybridized carbons (Fsp3) is 0.333. The average molecular weight is 417 g/mol. The minimum atomic E-state index is -2.08. The van der Waals surface area contributed by atoms with Gasteiger partial charge >= 0.3 is 0 Å². The van der Waals surface area contributed by atoms with Crippen LogP contribution in [0.3, 0.4) is 0 Å². The number of hydrogen-bond acceptors (Lipinski definition) is 4. The van der Waals surface area contributed by atoms with Crippen LogP contribution in [0.1, 0.15) is 42.6 Å². The molecule has 2 aromatic rings. The van der Waals surface area contributed by atoms with E-state index in [0.717, 1.165) is 12.8 Å². The molecule has 0 radical (unpaired) electrons. The van der Waals surface area contributed by atoms with Gasteiger partial charge < -0.3 is 0 Å². The van der Waals surface area contributed by atoms with E-state index in [-0.39, 0.29) is 17.7 Å². The van der Waals surface area contributed by atoms with Crippen LogP contribution in [0, 0.1) is 5.82 Å². The number of aliphatic imine (C=N–C) groups is 1. The predicted octanol–water partition coefficient (Wildman–Crippen LogP) is 3.52. The molecule has 0 aliphatic carbocycles. The van der Waals surface area contributed by atoms with Crippen molar-refractivity contribution in [3.05, 3.63) is 71.5 Å². The molecule has 0 fully saturated rings. The van der Waals surface area contributed by atoms with Crippen LogP contribution in [0.25, 0.3) is 0 Å². The zero-order chi connectivity index (χ0) is 20.9. The topological polar surface area (TPSA) is 74.1 Å². The molecule has 0 aromatic heterocycles. The maximum Gasteiger partial charge on any atom is 0.257 e. The summed E-state index contributed by atoms with van der Waals surface area (Å²) in [5, 5.41) is 2.78. The Labute approximate surface area is 172 Å². The molecule has 1 aliphatic rings. The van der Waals surface area contributed by atoms with E-state index in [1.165, 1.54) is 10.4 Å². The minimum Gasteiger partial charge on any atom is -0.292 e. The molecule has 29 heavy (non-hydrogen) atoms. The monoisotopic (exact) mass is 416 g/mol. The fourth-order valence-corrected chi connectivity index (χ4v) is 4.11. The van der Waals surface area contributed by atoms with Gasteiger partial charge in [-0.2, -0.15) is 0 Å². The van der Waals surface area contributed by atoms with Gasteiger partial charge in [0.25, 0.3) is 5.91 Å². The van der Waals surface area contributed by atoms with E-state index >= 15 is 0 Å². The third-order valence-electron chi connectivity index (χ3n) is 4.63. The second kappa shape index (κ2) is 9.17. The second-order valence-corrected chi connectivity index (χ2v) is 8.51. The summed E-state index contributed by atoms with van der Waals surface area (Å²) in [5.41, 5.74) is -0.160. The molecule has 1 amide bonds. The lowest BCUT2D eigenvalue weighted by atomic mass is 9.94. The Balaban J connectivity index is 2.02. The lowest BCUT2D eigenvalue weighted by molar-refractivity contribution is 0.0974. The maximum absolute atomic E-state index is 14.4. The Hall–Kier alpha value is -2.74. The first-order valence-electron chi connectivity index (χ1n) is 9.52. The molecule has 0 saturated heterocycles. The van der Waals surface area contributed by atoms with Gasteiger partial charge in [-0.1, -0.05) is 36.4 Å². The summed E-state index contributed by atoms with van der Waals surface area (Å²) in [6, 6.07) is 15.1. The van der Waals surface area contributed by atoms with Crippen LogP contribution in [0.15, 0.2) is 64.0 Å². The third-order valence-corrected chi connectivity index (χ3v) is 5.87. The Morgan fingerprint density at radius 3 is 2.55 bits per heavy atom. The number of carbonyl (C=O) groups is 1. The van der Waals surface area contributed by atoms with Crippen LogP contribution in [-0.2, 0) is 16.3 Å². The number of benzene rings is 2. The highest BCUT2D eigenvalue weighted by molar-refractivity contribution is 7.73. The van der Waals surface area contributed by atoms with Crippen molar-refractivity contribution in [3.8, 4) is 0 Å². The van der Waals surface area contributed by atoms with Crippen LogP contribution in [0.4, 0.5) is 4.39 Å². The van der Waals surface area contributed by atoms with E-state index in [9.17, 15) is 13.4 Å². The van der Waals surface area contributed by atoms with Crippen molar-refractivity contribution in [3.63, 3.8) is 0 Å². The molecule has 1 N–H and O–H groups in total. The zero-order valence-electron chi connectivity index (χ0n) is 16.5. The summed E-state index contributed by atoms with van der Waals surface area (Å²) >= 11 is 0. The van der Waals surface area contributed by atoms with Crippen molar-refractivity contribution in [2.45, 2.75) is 32.2 Å². The Morgan fingerprint density at radius 2 is 1.83 bits per heavy atom. The van der Waals surface area contributed by atoms with Gasteiger partial charge in [-0.3, -0.25) is 14.4 Å². The number of rotatable bonds is 3. The summed E-state index contributed by atoms with van der Waals surface area (Å²) in [6.45, 7) is 4.45. The normalized spacial score (nSPS) is 18.0. The van der Waals surface area contributed by atoms with E-state index in [4.69, 9.17) is 0 Å². The van der Waals surface area contributed by atoms with Gasteiger partial charge in [-0.15, -0.1) is 0 Å². The van der Waals surface area contributed by atoms with E-state index < -0.39 is 16.3 Å². The fourth-order valence-electron chi connectivity index (χ4n) is 3.07. The lowest BCUT2D eigenvalue weighted by Crippen LogP contribution is -2.45. The highest BCUT2D eigenvalue weighted by Crippen LogP contribution is 2.27. The van der Waals surface area contributed by atoms with E-state index in [2.05, 4.69) is 14.7 Å². The first-order valence-corrected chi connectivity index (χ1v) is 10.7. The van der Waals surface area contributed by atoms with Gasteiger partial charge in [-0.25, -0.2) is 18.0 Å². The number of carbonyl (C=O) groups excluding carboxylic acids is 1. The van der Waals surface area contributed by atoms with Gasteiger partial charge in [0.2, 0.25) is 5.96 Å². The Bertz CT molecular complexity index is 985. The molecule has 6 nitrogen and oxygen atoms in total. The summed E-state index contributed by atoms with van der Waals surface area (Å²) < 4.78 is 32.7. The Kier molecular flexibility index (Phi) is 6.64. The van der Waals surface area contributed by atoms with Crippen molar-refractivity contribution >= 4 is 22.6 Å². The van der Waals surface area contributed by atoms with Crippen LogP contribution in [0.2, 0.25) is 0 Å². The van der Waals surface area contributed by atoms with Crippen LogP contribution < -0.4 is 5.32 Å². The molecule has 0 spiro atoms. The molecule has 3 rings (SSSR count). The molecule has 1 atom stereocenters. The van der Waals surface area contributed by atoms with Crippen LogP contribution in [0.5, 0.6) is 0 Å².